The predicted molar refractivity (Wildman–Crippen MR) is 161 cm³/mol. The number of benzene rings is 2. The third-order valence-corrected chi connectivity index (χ3v) is 9.23. The molecule has 5 rings (SSSR count). The zero-order chi connectivity index (χ0) is 27.4. The summed E-state index contributed by atoms with van der Waals surface area (Å²) < 4.78 is 1.81. The Balaban J connectivity index is 1.17. The number of aromatic nitrogens is 2. The molecule has 2 aromatic carbocycles. The van der Waals surface area contributed by atoms with Crippen LogP contribution in [0.1, 0.15) is 69.0 Å². The maximum atomic E-state index is 12.6. The van der Waals surface area contributed by atoms with Crippen molar-refractivity contribution in [3.05, 3.63) is 68.8 Å². The molecule has 5 nitrogen and oxygen atoms in total. The number of rotatable bonds is 9. The summed E-state index contributed by atoms with van der Waals surface area (Å²) >= 11 is 18.8. The number of amides is 2. The normalized spacial score (nSPS) is 20.6. The summed E-state index contributed by atoms with van der Waals surface area (Å²) in [7, 11) is 0. The van der Waals surface area contributed by atoms with E-state index in [9.17, 15) is 4.79 Å². The van der Waals surface area contributed by atoms with Gasteiger partial charge in [-0.25, -0.2) is 9.48 Å². The van der Waals surface area contributed by atoms with Crippen molar-refractivity contribution in [3.8, 4) is 16.9 Å². The molecule has 0 radical (unpaired) electrons. The van der Waals surface area contributed by atoms with Crippen LogP contribution in [0, 0.1) is 24.7 Å². The maximum absolute atomic E-state index is 12.6. The Morgan fingerprint density at radius 2 is 1.67 bits per heavy atom. The molecule has 2 bridgehead atoms. The molecule has 2 aliphatic carbocycles. The topological polar surface area (TPSA) is 59.0 Å². The summed E-state index contributed by atoms with van der Waals surface area (Å²) in [6.07, 6.45) is 12.2. The Bertz CT molecular complexity index is 1280. The van der Waals surface area contributed by atoms with E-state index in [4.69, 9.17) is 39.9 Å². The first-order valence-electron chi connectivity index (χ1n) is 14.2. The van der Waals surface area contributed by atoms with E-state index in [1.54, 1.807) is 12.1 Å². The largest absolute Gasteiger partial charge is 0.338 e. The standard InChI is InChI=1S/C31H37Cl3N4O/c1-20-28(19-36-31(39)35-14-3-2-5-21-15-22-6-4-7-23(16-21)17-22)37-38(29-13-12-26(33)18-27(29)34)30(20)24-8-10-25(32)11-9-24/h8-13,18,21-23H,2-7,14-17,19H2,1H3,(H2,35,36,39). The van der Waals surface area contributed by atoms with Crippen LogP contribution >= 0.6 is 34.8 Å². The summed E-state index contributed by atoms with van der Waals surface area (Å²) in [6, 6.07) is 12.8. The van der Waals surface area contributed by atoms with E-state index in [2.05, 4.69) is 10.6 Å². The lowest BCUT2D eigenvalue weighted by molar-refractivity contribution is 0.130. The molecule has 39 heavy (non-hydrogen) atoms. The molecule has 2 fully saturated rings. The van der Waals surface area contributed by atoms with Crippen molar-refractivity contribution >= 4 is 40.8 Å². The lowest BCUT2D eigenvalue weighted by Gasteiger charge is -2.39. The van der Waals surface area contributed by atoms with Crippen LogP contribution in [0.25, 0.3) is 16.9 Å². The Kier molecular flexibility index (Phi) is 9.42. The summed E-state index contributed by atoms with van der Waals surface area (Å²) in [4.78, 5) is 12.6. The lowest BCUT2D eigenvalue weighted by atomic mass is 9.67. The van der Waals surface area contributed by atoms with Crippen molar-refractivity contribution < 1.29 is 4.79 Å². The van der Waals surface area contributed by atoms with E-state index in [1.807, 2.05) is 41.9 Å². The predicted octanol–water partition coefficient (Wildman–Crippen LogP) is 8.99. The van der Waals surface area contributed by atoms with Gasteiger partial charge in [-0.3, -0.25) is 0 Å². The van der Waals surface area contributed by atoms with Crippen LogP contribution in [0.15, 0.2) is 42.5 Å². The van der Waals surface area contributed by atoms with Crippen molar-refractivity contribution in [2.75, 3.05) is 6.54 Å². The quantitative estimate of drug-likeness (QED) is 0.245. The molecule has 0 aliphatic heterocycles. The van der Waals surface area contributed by atoms with E-state index in [1.165, 1.54) is 51.4 Å². The van der Waals surface area contributed by atoms with Crippen LogP contribution in [0.2, 0.25) is 15.1 Å². The minimum absolute atomic E-state index is 0.172. The first-order chi connectivity index (χ1) is 18.9. The average molecular weight is 588 g/mol. The van der Waals surface area contributed by atoms with Crippen molar-refractivity contribution in [3.63, 3.8) is 0 Å². The fourth-order valence-corrected chi connectivity index (χ4v) is 7.19. The van der Waals surface area contributed by atoms with Crippen LogP contribution in [-0.2, 0) is 6.54 Å². The summed E-state index contributed by atoms with van der Waals surface area (Å²) in [6.45, 7) is 3.00. The van der Waals surface area contributed by atoms with Gasteiger partial charge < -0.3 is 10.6 Å². The molecule has 0 spiro atoms. The number of halogens is 3. The van der Waals surface area contributed by atoms with Gasteiger partial charge in [0.05, 0.1) is 28.6 Å². The minimum atomic E-state index is -0.172. The highest BCUT2D eigenvalue weighted by Gasteiger charge is 2.31. The molecule has 8 heteroatoms. The molecule has 3 aromatic rings. The molecular weight excluding hydrogens is 551 g/mol. The fourth-order valence-electron chi connectivity index (χ4n) is 6.57. The SMILES string of the molecule is Cc1c(CNC(=O)NCCCCC2CC3CCCC(C2)C3)nn(-c2ccc(Cl)cc2Cl)c1-c1ccc(Cl)cc1. The Hall–Kier alpha value is -2.21. The molecule has 2 aliphatic rings. The Morgan fingerprint density at radius 1 is 0.949 bits per heavy atom. The van der Waals surface area contributed by atoms with Gasteiger partial charge in [-0.05, 0) is 80.7 Å². The number of carbonyl (C=O) groups excluding carboxylic acids is 1. The second-order valence-corrected chi connectivity index (χ2v) is 12.6. The molecule has 2 unspecified atom stereocenters. The zero-order valence-electron chi connectivity index (χ0n) is 22.5. The molecule has 1 heterocycles. The third kappa shape index (κ3) is 7.11. The number of hydrogen-bond acceptors (Lipinski definition) is 2. The summed E-state index contributed by atoms with van der Waals surface area (Å²) in [5, 5.41) is 12.6. The van der Waals surface area contributed by atoms with Gasteiger partial charge in [-0.15, -0.1) is 0 Å². The highest BCUT2D eigenvalue weighted by atomic mass is 35.5. The van der Waals surface area contributed by atoms with E-state index in [0.29, 0.717) is 33.8 Å². The second kappa shape index (κ2) is 13.0. The fraction of sp³-hybridized carbons (Fsp3) is 0.484. The summed E-state index contributed by atoms with van der Waals surface area (Å²) in [5.41, 5.74) is 4.28. The lowest BCUT2D eigenvalue weighted by Crippen LogP contribution is -2.35. The van der Waals surface area contributed by atoms with E-state index >= 15 is 0 Å². The van der Waals surface area contributed by atoms with E-state index in [0.717, 1.165) is 46.7 Å². The van der Waals surface area contributed by atoms with Gasteiger partial charge in [0.15, 0.2) is 0 Å². The van der Waals surface area contributed by atoms with Gasteiger partial charge in [0, 0.05) is 27.7 Å². The number of hydrogen-bond donors (Lipinski definition) is 2. The first-order valence-corrected chi connectivity index (χ1v) is 15.3. The van der Waals surface area contributed by atoms with Gasteiger partial charge in [-0.1, -0.05) is 79.0 Å². The monoisotopic (exact) mass is 586 g/mol. The average Bonchev–Trinajstić information content (AvgIpc) is 3.23. The minimum Gasteiger partial charge on any atom is -0.338 e. The van der Waals surface area contributed by atoms with Crippen LogP contribution < -0.4 is 10.6 Å². The van der Waals surface area contributed by atoms with Gasteiger partial charge in [0.25, 0.3) is 0 Å². The van der Waals surface area contributed by atoms with Gasteiger partial charge in [0.2, 0.25) is 0 Å². The van der Waals surface area contributed by atoms with Crippen LogP contribution in [0.4, 0.5) is 4.79 Å². The summed E-state index contributed by atoms with van der Waals surface area (Å²) in [5.74, 6) is 2.86. The number of urea groups is 1. The third-order valence-electron chi connectivity index (χ3n) is 8.44. The number of unbranched alkanes of at least 4 members (excludes halogenated alkanes) is 1. The van der Waals surface area contributed by atoms with E-state index in [-0.39, 0.29) is 6.03 Å². The van der Waals surface area contributed by atoms with Gasteiger partial charge >= 0.3 is 6.03 Å². The first kappa shape index (κ1) is 28.3. The highest BCUT2D eigenvalue weighted by Crippen LogP contribution is 2.44. The van der Waals surface area contributed by atoms with Gasteiger partial charge in [-0.2, -0.15) is 5.10 Å². The Labute approximate surface area is 246 Å². The molecular formula is C31H37Cl3N4O. The van der Waals surface area contributed by atoms with Crippen LogP contribution in [0.5, 0.6) is 0 Å². The Morgan fingerprint density at radius 3 is 2.38 bits per heavy atom. The molecule has 2 saturated carbocycles. The number of nitrogens with one attached hydrogen (secondary N) is 2. The number of fused-ring (bicyclic) bond motifs is 2. The van der Waals surface area contributed by atoms with Crippen molar-refractivity contribution in [2.45, 2.75) is 71.3 Å². The molecule has 1 aromatic heterocycles. The highest BCUT2D eigenvalue weighted by molar-refractivity contribution is 6.35. The zero-order valence-corrected chi connectivity index (χ0v) is 24.8. The van der Waals surface area contributed by atoms with Gasteiger partial charge in [0.1, 0.15) is 0 Å². The molecule has 2 atom stereocenters. The van der Waals surface area contributed by atoms with Crippen LogP contribution in [-0.4, -0.2) is 22.4 Å². The number of nitrogens with zero attached hydrogens (tertiary/aromatic N) is 2. The van der Waals surface area contributed by atoms with E-state index < -0.39 is 0 Å². The molecule has 2 amide bonds. The second-order valence-electron chi connectivity index (χ2n) is 11.3. The molecule has 208 valence electrons. The van der Waals surface area contributed by atoms with Crippen molar-refractivity contribution in [1.82, 2.24) is 20.4 Å². The number of carbonyl (C=O) groups is 1. The van der Waals surface area contributed by atoms with Crippen molar-refractivity contribution in [1.29, 1.82) is 0 Å². The smallest absolute Gasteiger partial charge is 0.315 e. The van der Waals surface area contributed by atoms with Crippen LogP contribution in [0.3, 0.4) is 0 Å². The maximum Gasteiger partial charge on any atom is 0.315 e. The molecule has 0 saturated heterocycles. The van der Waals surface area contributed by atoms with Crippen molar-refractivity contribution in [2.24, 2.45) is 17.8 Å². The molecule has 2 N–H and O–H groups in total.